The van der Waals surface area contributed by atoms with Gasteiger partial charge in [-0.1, -0.05) is 42.4 Å². The zero-order chi connectivity index (χ0) is 23.8. The summed E-state index contributed by atoms with van der Waals surface area (Å²) in [6.07, 6.45) is -5.39. The van der Waals surface area contributed by atoms with Crippen LogP contribution >= 0.6 is 11.6 Å². The molecule has 0 radical (unpaired) electrons. The monoisotopic (exact) mass is 466 g/mol. The number of hydrogen-bond donors (Lipinski definition) is 5. The van der Waals surface area contributed by atoms with Crippen LogP contribution in [0, 0.1) is 0 Å². The summed E-state index contributed by atoms with van der Waals surface area (Å²) in [7, 11) is 0. The van der Waals surface area contributed by atoms with Gasteiger partial charge in [-0.2, -0.15) is 0 Å². The molecule has 8 heteroatoms. The average molecular weight is 467 g/mol. The second kappa shape index (κ2) is 12.2. The van der Waals surface area contributed by atoms with Crippen molar-refractivity contribution in [3.63, 3.8) is 0 Å². The Kier molecular flexibility index (Phi) is 9.96. The first-order valence-corrected chi connectivity index (χ1v) is 10.7. The Bertz CT molecular complexity index is 865. The standard InChI is InChI=1S/C21H25ClO6.C3H6O/c1-2-27-15-6-3-12(4-7-15)9-14-10-13(5-8-16(14)22)21-20(26)19(25)18(24)17(11-23)28-21;1-3(2)4/h3-8,10,17-21,23-26H,2,9,11H2,1H3;4H,1H2,2H3/t17?,18-,19?,20-,21?;/m1./s1. The molecule has 2 aromatic rings. The second-order valence-electron chi connectivity index (χ2n) is 7.59. The van der Waals surface area contributed by atoms with Crippen LogP contribution < -0.4 is 4.74 Å². The highest BCUT2D eigenvalue weighted by Crippen LogP contribution is 2.34. The molecule has 1 saturated heterocycles. The van der Waals surface area contributed by atoms with Crippen molar-refractivity contribution in [3.05, 3.63) is 76.5 Å². The van der Waals surface area contributed by atoms with Crippen molar-refractivity contribution in [1.29, 1.82) is 0 Å². The summed E-state index contributed by atoms with van der Waals surface area (Å²) >= 11 is 6.35. The average Bonchev–Trinajstić information content (AvgIpc) is 2.75. The van der Waals surface area contributed by atoms with E-state index in [0.717, 1.165) is 16.9 Å². The lowest BCUT2D eigenvalue weighted by Crippen LogP contribution is -2.55. The van der Waals surface area contributed by atoms with Crippen molar-refractivity contribution in [2.75, 3.05) is 13.2 Å². The van der Waals surface area contributed by atoms with Crippen molar-refractivity contribution >= 4 is 11.6 Å². The van der Waals surface area contributed by atoms with Crippen molar-refractivity contribution < 1.29 is 35.0 Å². The molecule has 0 aromatic heterocycles. The fraction of sp³-hybridized carbons (Fsp3) is 0.417. The van der Waals surface area contributed by atoms with Crippen molar-refractivity contribution in [2.24, 2.45) is 0 Å². The molecule has 1 aliphatic heterocycles. The molecule has 1 aliphatic rings. The molecule has 3 unspecified atom stereocenters. The number of ether oxygens (including phenoxy) is 2. The molecule has 5 N–H and O–H groups in total. The minimum Gasteiger partial charge on any atom is -0.513 e. The second-order valence-corrected chi connectivity index (χ2v) is 8.00. The van der Waals surface area contributed by atoms with Gasteiger partial charge in [0.1, 0.15) is 36.3 Å². The molecule has 0 amide bonds. The van der Waals surface area contributed by atoms with Gasteiger partial charge in [-0.05, 0) is 55.2 Å². The molecule has 0 aliphatic carbocycles. The van der Waals surface area contributed by atoms with Gasteiger partial charge in [0, 0.05) is 5.02 Å². The van der Waals surface area contributed by atoms with Gasteiger partial charge >= 0.3 is 0 Å². The number of aliphatic hydroxyl groups is 5. The van der Waals surface area contributed by atoms with Crippen molar-refractivity contribution in [2.45, 2.75) is 50.8 Å². The molecule has 1 fully saturated rings. The van der Waals surface area contributed by atoms with E-state index >= 15 is 0 Å². The highest BCUT2D eigenvalue weighted by Gasteiger charge is 2.43. The van der Waals surface area contributed by atoms with E-state index in [1.807, 2.05) is 37.3 Å². The van der Waals surface area contributed by atoms with Gasteiger partial charge in [-0.25, -0.2) is 0 Å². The third-order valence-corrected chi connectivity index (χ3v) is 5.29. The first-order chi connectivity index (χ1) is 15.2. The lowest BCUT2D eigenvalue weighted by atomic mass is 9.90. The normalized spacial score (nSPS) is 24.9. The fourth-order valence-corrected chi connectivity index (χ4v) is 3.56. The number of hydrogen-bond acceptors (Lipinski definition) is 7. The van der Waals surface area contributed by atoms with Crippen LogP contribution in [0.15, 0.2) is 54.8 Å². The molecular weight excluding hydrogens is 436 g/mol. The highest BCUT2D eigenvalue weighted by molar-refractivity contribution is 6.31. The Morgan fingerprint density at radius 3 is 2.25 bits per heavy atom. The summed E-state index contributed by atoms with van der Waals surface area (Å²) in [6.45, 7) is 6.71. The molecule has 2 aromatic carbocycles. The lowest BCUT2D eigenvalue weighted by Gasteiger charge is -2.40. The van der Waals surface area contributed by atoms with E-state index < -0.39 is 37.1 Å². The first kappa shape index (κ1) is 26.1. The fourth-order valence-electron chi connectivity index (χ4n) is 3.37. The van der Waals surface area contributed by atoms with Crippen LogP contribution in [0.2, 0.25) is 5.02 Å². The summed E-state index contributed by atoms with van der Waals surface area (Å²) in [5, 5.41) is 48.1. The van der Waals surface area contributed by atoms with Gasteiger partial charge in [-0.3, -0.25) is 0 Å². The van der Waals surface area contributed by atoms with Crippen LogP contribution in [0.4, 0.5) is 0 Å². The topological polar surface area (TPSA) is 120 Å². The summed E-state index contributed by atoms with van der Waals surface area (Å²) in [5.41, 5.74) is 2.49. The van der Waals surface area contributed by atoms with Crippen molar-refractivity contribution in [1.82, 2.24) is 0 Å². The van der Waals surface area contributed by atoms with E-state index in [1.165, 1.54) is 6.92 Å². The Hall–Kier alpha value is -2.13. The number of halogens is 1. The molecule has 0 bridgehead atoms. The molecule has 176 valence electrons. The Morgan fingerprint density at radius 1 is 1.06 bits per heavy atom. The first-order valence-electron chi connectivity index (χ1n) is 10.3. The van der Waals surface area contributed by atoms with E-state index in [9.17, 15) is 20.4 Å². The van der Waals surface area contributed by atoms with E-state index in [-0.39, 0.29) is 5.76 Å². The molecular formula is C24H31ClO7. The van der Waals surface area contributed by atoms with E-state index in [4.69, 9.17) is 26.2 Å². The van der Waals surface area contributed by atoms with Crippen LogP contribution in [0.1, 0.15) is 36.6 Å². The predicted octanol–water partition coefficient (Wildman–Crippen LogP) is 2.92. The lowest BCUT2D eigenvalue weighted by molar-refractivity contribution is -0.231. The van der Waals surface area contributed by atoms with Gasteiger partial charge in [0.15, 0.2) is 0 Å². The van der Waals surface area contributed by atoms with Crippen LogP contribution in [0.25, 0.3) is 0 Å². The summed E-state index contributed by atoms with van der Waals surface area (Å²) in [4.78, 5) is 0. The minimum atomic E-state index is -1.42. The Balaban J connectivity index is 0.000000837. The quantitative estimate of drug-likeness (QED) is 0.415. The minimum absolute atomic E-state index is 0.167. The number of benzene rings is 2. The van der Waals surface area contributed by atoms with Crippen LogP contribution in [0.5, 0.6) is 5.75 Å². The number of rotatable bonds is 6. The zero-order valence-corrected chi connectivity index (χ0v) is 18.9. The van der Waals surface area contributed by atoms with Gasteiger partial charge in [0.25, 0.3) is 0 Å². The van der Waals surface area contributed by atoms with Gasteiger partial charge in [0.05, 0.1) is 19.0 Å². The van der Waals surface area contributed by atoms with Crippen LogP contribution in [-0.2, 0) is 11.2 Å². The maximum absolute atomic E-state index is 10.3. The molecule has 5 atom stereocenters. The molecule has 3 rings (SSSR count). The molecule has 32 heavy (non-hydrogen) atoms. The third-order valence-electron chi connectivity index (χ3n) is 4.92. The van der Waals surface area contributed by atoms with E-state index in [2.05, 4.69) is 6.58 Å². The van der Waals surface area contributed by atoms with Crippen LogP contribution in [-0.4, -0.2) is 63.2 Å². The molecule has 0 spiro atoms. The van der Waals surface area contributed by atoms with Gasteiger partial charge < -0.3 is 35.0 Å². The predicted molar refractivity (Wildman–Crippen MR) is 122 cm³/mol. The zero-order valence-electron chi connectivity index (χ0n) is 18.2. The summed E-state index contributed by atoms with van der Waals surface area (Å²) < 4.78 is 11.1. The number of allylic oxidation sites excluding steroid dienone is 1. The van der Waals surface area contributed by atoms with Gasteiger partial charge in [0.2, 0.25) is 0 Å². The molecule has 7 nitrogen and oxygen atoms in total. The smallest absolute Gasteiger partial charge is 0.119 e. The summed E-state index contributed by atoms with van der Waals surface area (Å²) in [6, 6.07) is 12.9. The Morgan fingerprint density at radius 2 is 1.69 bits per heavy atom. The Labute approximate surface area is 193 Å². The SMILES string of the molecule is C=C(C)O.CCOc1ccc(Cc2cc(C3OC(CO)[C@@H](O)C(O)[C@H]3O)ccc2Cl)cc1. The van der Waals surface area contributed by atoms with Gasteiger partial charge in [-0.15, -0.1) is 0 Å². The van der Waals surface area contributed by atoms with E-state index in [0.29, 0.717) is 23.6 Å². The highest BCUT2D eigenvalue weighted by atomic mass is 35.5. The molecule has 0 saturated carbocycles. The largest absolute Gasteiger partial charge is 0.513 e. The van der Waals surface area contributed by atoms with Crippen molar-refractivity contribution in [3.8, 4) is 5.75 Å². The maximum atomic E-state index is 10.3. The number of aliphatic hydroxyl groups excluding tert-OH is 5. The summed E-state index contributed by atoms with van der Waals surface area (Å²) in [5.74, 6) is 0.965. The third kappa shape index (κ3) is 6.93. The maximum Gasteiger partial charge on any atom is 0.119 e. The molecule has 1 heterocycles. The van der Waals surface area contributed by atoms with E-state index in [1.54, 1.807) is 12.1 Å². The van der Waals surface area contributed by atoms with Crippen LogP contribution in [0.3, 0.4) is 0 Å².